The van der Waals surface area contributed by atoms with Crippen LogP contribution in [0.15, 0.2) is 0 Å². The van der Waals surface area contributed by atoms with E-state index in [0.29, 0.717) is 6.42 Å². The summed E-state index contributed by atoms with van der Waals surface area (Å²) < 4.78 is 34.5. The standard InChI is InChI=1S/C9H20O3S/c1-4-5-6-7-8-9(2)13(10,11)12-3/h9H,4-8H2,1-3H3/t9-/m0/s1/i9D. The Hall–Kier alpha value is -0.0900. The van der Waals surface area contributed by atoms with E-state index in [2.05, 4.69) is 11.1 Å². The van der Waals surface area contributed by atoms with Crippen molar-refractivity contribution in [2.75, 3.05) is 7.11 Å². The molecule has 80 valence electrons. The average Bonchev–Trinajstić information content (AvgIpc) is 2.12. The SMILES string of the molecule is [2H][C@](C)(CCCCCC)S(=O)(=O)OC. The highest BCUT2D eigenvalue weighted by Crippen LogP contribution is 2.12. The van der Waals surface area contributed by atoms with Crippen molar-refractivity contribution in [3.63, 3.8) is 0 Å². The maximum Gasteiger partial charge on any atom is 0.269 e. The van der Waals surface area contributed by atoms with Gasteiger partial charge in [0.1, 0.15) is 0 Å². The van der Waals surface area contributed by atoms with Gasteiger partial charge in [0.15, 0.2) is 0 Å². The van der Waals surface area contributed by atoms with Gasteiger partial charge in [0.05, 0.1) is 12.3 Å². The molecule has 0 unspecified atom stereocenters. The van der Waals surface area contributed by atoms with Crippen LogP contribution in [-0.2, 0) is 14.3 Å². The first-order valence-corrected chi connectivity index (χ1v) is 6.08. The molecule has 3 nitrogen and oxygen atoms in total. The molecule has 0 aliphatic heterocycles. The molecule has 0 rings (SSSR count). The van der Waals surface area contributed by atoms with E-state index in [1.165, 1.54) is 6.92 Å². The van der Waals surface area contributed by atoms with E-state index in [1.807, 2.05) is 0 Å². The van der Waals surface area contributed by atoms with E-state index in [1.54, 1.807) is 0 Å². The smallest absolute Gasteiger partial charge is 0.269 e. The van der Waals surface area contributed by atoms with Crippen LogP contribution in [0.2, 0.25) is 0 Å². The van der Waals surface area contributed by atoms with Crippen molar-refractivity contribution in [2.24, 2.45) is 0 Å². The molecule has 0 radical (unpaired) electrons. The molecule has 0 heterocycles. The second-order valence-electron chi connectivity index (χ2n) is 3.13. The van der Waals surface area contributed by atoms with Crippen molar-refractivity contribution < 1.29 is 14.0 Å². The molecule has 0 saturated heterocycles. The summed E-state index contributed by atoms with van der Waals surface area (Å²) in [6.45, 7) is 3.48. The number of unbranched alkanes of at least 4 members (excludes halogenated alkanes) is 3. The lowest BCUT2D eigenvalue weighted by molar-refractivity contribution is 0.385. The molecule has 0 N–H and O–H groups in total. The number of hydrogen-bond acceptors (Lipinski definition) is 3. The van der Waals surface area contributed by atoms with Gasteiger partial charge in [-0.2, -0.15) is 8.42 Å². The first-order valence-electron chi connectivity index (χ1n) is 5.17. The van der Waals surface area contributed by atoms with Crippen LogP contribution in [0, 0.1) is 0 Å². The maximum atomic E-state index is 11.3. The van der Waals surface area contributed by atoms with Crippen molar-refractivity contribution in [3.05, 3.63) is 0 Å². The molecule has 13 heavy (non-hydrogen) atoms. The third kappa shape index (κ3) is 5.26. The fourth-order valence-corrected chi connectivity index (χ4v) is 1.75. The fraction of sp³-hybridized carbons (Fsp3) is 1.00. The molecule has 4 heteroatoms. The van der Waals surface area contributed by atoms with Crippen LogP contribution in [0.5, 0.6) is 0 Å². The summed E-state index contributed by atoms with van der Waals surface area (Å²) in [7, 11) is -2.61. The molecule has 0 aliphatic rings. The van der Waals surface area contributed by atoms with Gasteiger partial charge in [0, 0.05) is 1.37 Å². The normalized spacial score (nSPS) is 17.9. The second-order valence-corrected chi connectivity index (χ2v) is 5.07. The van der Waals surface area contributed by atoms with Crippen molar-refractivity contribution in [3.8, 4) is 0 Å². The van der Waals surface area contributed by atoms with Crippen LogP contribution in [0.25, 0.3) is 0 Å². The average molecular weight is 209 g/mol. The lowest BCUT2D eigenvalue weighted by Gasteiger charge is -2.09. The van der Waals surface area contributed by atoms with Gasteiger partial charge >= 0.3 is 0 Å². The van der Waals surface area contributed by atoms with E-state index >= 15 is 0 Å². The molecule has 1 atom stereocenters. The Morgan fingerprint density at radius 2 is 2.00 bits per heavy atom. The Bertz CT molecular complexity index is 247. The fourth-order valence-electron chi connectivity index (χ4n) is 1.07. The monoisotopic (exact) mass is 209 g/mol. The molecular formula is C9H20O3S. The minimum atomic E-state index is -3.72. The van der Waals surface area contributed by atoms with Crippen molar-refractivity contribution in [1.82, 2.24) is 0 Å². The molecule has 0 aliphatic carbocycles. The Morgan fingerprint density at radius 3 is 2.46 bits per heavy atom. The Balaban J connectivity index is 4.08. The highest BCUT2D eigenvalue weighted by Gasteiger charge is 2.18. The predicted molar refractivity (Wildman–Crippen MR) is 54.1 cm³/mol. The number of hydrogen-bond donors (Lipinski definition) is 0. The van der Waals surface area contributed by atoms with Gasteiger partial charge in [-0.05, 0) is 13.3 Å². The highest BCUT2D eigenvalue weighted by atomic mass is 32.2. The quantitative estimate of drug-likeness (QED) is 0.477. The van der Waals surface area contributed by atoms with Gasteiger partial charge < -0.3 is 0 Å². The van der Waals surface area contributed by atoms with Crippen LogP contribution >= 0.6 is 0 Å². The summed E-state index contributed by atoms with van der Waals surface area (Å²) in [5.74, 6) is 0. The summed E-state index contributed by atoms with van der Waals surface area (Å²) >= 11 is 0. The largest absolute Gasteiger partial charge is 0.273 e. The zero-order valence-electron chi connectivity index (χ0n) is 9.67. The third-order valence-electron chi connectivity index (χ3n) is 2.03. The third-order valence-corrected chi connectivity index (χ3v) is 3.53. The number of rotatable bonds is 7. The van der Waals surface area contributed by atoms with Gasteiger partial charge in [0.2, 0.25) is 0 Å². The van der Waals surface area contributed by atoms with E-state index in [9.17, 15) is 8.42 Å². The molecule has 0 aromatic rings. The summed E-state index contributed by atoms with van der Waals surface area (Å²) in [6.07, 6.45) is 4.26. The van der Waals surface area contributed by atoms with Gasteiger partial charge in [0.25, 0.3) is 10.1 Å². The molecule has 0 bridgehead atoms. The Morgan fingerprint density at radius 1 is 1.38 bits per heavy atom. The molecular weight excluding hydrogens is 188 g/mol. The van der Waals surface area contributed by atoms with E-state index in [-0.39, 0.29) is 0 Å². The Labute approximate surface area is 83.0 Å². The van der Waals surface area contributed by atoms with Crippen molar-refractivity contribution >= 4 is 10.1 Å². The maximum absolute atomic E-state index is 11.3. The first-order chi connectivity index (χ1) is 6.37. The zero-order valence-corrected chi connectivity index (χ0v) is 9.49. The van der Waals surface area contributed by atoms with Gasteiger partial charge in [-0.3, -0.25) is 4.18 Å². The lowest BCUT2D eigenvalue weighted by Crippen LogP contribution is -2.18. The summed E-state index contributed by atoms with van der Waals surface area (Å²) in [5, 5.41) is -1.50. The van der Waals surface area contributed by atoms with E-state index in [0.717, 1.165) is 32.8 Å². The molecule has 0 saturated carbocycles. The van der Waals surface area contributed by atoms with Crippen LogP contribution < -0.4 is 0 Å². The minimum Gasteiger partial charge on any atom is -0.273 e. The van der Waals surface area contributed by atoms with Crippen molar-refractivity contribution in [1.29, 1.82) is 0 Å². The van der Waals surface area contributed by atoms with Crippen LogP contribution in [0.1, 0.15) is 47.3 Å². The summed E-state index contributed by atoms with van der Waals surface area (Å²) in [4.78, 5) is 0. The lowest BCUT2D eigenvalue weighted by atomic mass is 10.1. The van der Waals surface area contributed by atoms with Crippen molar-refractivity contribution in [2.45, 2.75) is 51.2 Å². The van der Waals surface area contributed by atoms with Crippen LogP contribution in [0.4, 0.5) is 0 Å². The molecule has 0 aromatic carbocycles. The topological polar surface area (TPSA) is 43.4 Å². The van der Waals surface area contributed by atoms with Crippen LogP contribution in [0.3, 0.4) is 0 Å². The second kappa shape index (κ2) is 6.38. The van der Waals surface area contributed by atoms with E-state index < -0.39 is 15.3 Å². The molecule has 0 amide bonds. The van der Waals surface area contributed by atoms with Gasteiger partial charge in [-0.25, -0.2) is 0 Å². The summed E-state index contributed by atoms with van der Waals surface area (Å²) in [5.41, 5.74) is 0. The molecule has 0 aromatic heterocycles. The molecule has 0 spiro atoms. The van der Waals surface area contributed by atoms with Crippen LogP contribution in [-0.4, -0.2) is 20.8 Å². The minimum absolute atomic E-state index is 0.336. The Kier molecular flexibility index (Phi) is 5.39. The molecule has 0 fully saturated rings. The van der Waals surface area contributed by atoms with Gasteiger partial charge in [-0.1, -0.05) is 32.6 Å². The first kappa shape index (κ1) is 11.0. The van der Waals surface area contributed by atoms with E-state index in [4.69, 9.17) is 1.37 Å². The van der Waals surface area contributed by atoms with Gasteiger partial charge in [-0.15, -0.1) is 0 Å². The zero-order chi connectivity index (χ0) is 11.2. The highest BCUT2D eigenvalue weighted by molar-refractivity contribution is 7.87. The predicted octanol–water partition coefficient (Wildman–Crippen LogP) is 2.32. The summed E-state index contributed by atoms with van der Waals surface area (Å²) in [6, 6.07) is 0.